The summed E-state index contributed by atoms with van der Waals surface area (Å²) in [7, 11) is 1.78. The van der Waals surface area contributed by atoms with Gasteiger partial charge in [-0.2, -0.15) is 0 Å². The molecular formula is C16H18N2O3. The molecule has 0 saturated carbocycles. The van der Waals surface area contributed by atoms with Gasteiger partial charge in [-0.05, 0) is 43.2 Å². The van der Waals surface area contributed by atoms with Gasteiger partial charge in [-0.3, -0.25) is 10.1 Å². The minimum atomic E-state index is -0.404. The van der Waals surface area contributed by atoms with Crippen LogP contribution in [0.5, 0.6) is 5.75 Å². The molecular weight excluding hydrogens is 268 g/mol. The molecule has 0 aromatic heterocycles. The summed E-state index contributed by atoms with van der Waals surface area (Å²) in [5.74, 6) is 0.756. The van der Waals surface area contributed by atoms with Crippen molar-refractivity contribution in [2.45, 2.75) is 20.5 Å². The zero-order valence-corrected chi connectivity index (χ0v) is 12.3. The van der Waals surface area contributed by atoms with Crippen LogP contribution in [0.1, 0.15) is 16.7 Å². The summed E-state index contributed by atoms with van der Waals surface area (Å²) >= 11 is 0. The maximum atomic E-state index is 10.9. The smallest absolute Gasteiger partial charge is 0.269 e. The van der Waals surface area contributed by atoms with E-state index in [0.29, 0.717) is 0 Å². The molecule has 21 heavy (non-hydrogen) atoms. The Morgan fingerprint density at radius 1 is 1.14 bits per heavy atom. The van der Waals surface area contributed by atoms with Gasteiger partial charge < -0.3 is 10.1 Å². The van der Waals surface area contributed by atoms with Crippen LogP contribution >= 0.6 is 0 Å². The van der Waals surface area contributed by atoms with Crippen molar-refractivity contribution in [3.63, 3.8) is 0 Å². The Labute approximate surface area is 123 Å². The Morgan fingerprint density at radius 2 is 1.90 bits per heavy atom. The van der Waals surface area contributed by atoms with Crippen LogP contribution in [-0.4, -0.2) is 12.0 Å². The Balaban J connectivity index is 2.19. The van der Waals surface area contributed by atoms with E-state index in [4.69, 9.17) is 4.74 Å². The fourth-order valence-corrected chi connectivity index (χ4v) is 2.02. The number of aryl methyl sites for hydroxylation is 2. The maximum absolute atomic E-state index is 10.9. The Bertz CT molecular complexity index is 669. The number of nitro benzene ring substituents is 1. The van der Waals surface area contributed by atoms with E-state index in [0.717, 1.165) is 22.6 Å². The molecule has 0 saturated heterocycles. The normalized spacial score (nSPS) is 10.2. The Hall–Kier alpha value is -2.56. The molecule has 2 aromatic rings. The molecule has 0 amide bonds. The van der Waals surface area contributed by atoms with Crippen LogP contribution < -0.4 is 10.1 Å². The van der Waals surface area contributed by atoms with Gasteiger partial charge in [0.15, 0.2) is 0 Å². The first-order chi connectivity index (χ1) is 10.0. The Kier molecular flexibility index (Phi) is 4.42. The van der Waals surface area contributed by atoms with Crippen LogP contribution in [0.2, 0.25) is 0 Å². The highest BCUT2D eigenvalue weighted by molar-refractivity contribution is 5.55. The fraction of sp³-hybridized carbons (Fsp3) is 0.250. The highest BCUT2D eigenvalue weighted by Gasteiger charge is 2.10. The number of nitrogens with zero attached hydrogens (tertiary/aromatic N) is 1. The minimum absolute atomic E-state index is 0.0627. The summed E-state index contributed by atoms with van der Waals surface area (Å²) in [6.07, 6.45) is 0. The van der Waals surface area contributed by atoms with E-state index in [1.54, 1.807) is 13.1 Å². The van der Waals surface area contributed by atoms with Crippen molar-refractivity contribution in [2.24, 2.45) is 0 Å². The van der Waals surface area contributed by atoms with Crippen LogP contribution in [0.4, 0.5) is 11.4 Å². The van der Waals surface area contributed by atoms with E-state index in [1.807, 2.05) is 32.0 Å². The molecule has 0 aliphatic rings. The molecule has 110 valence electrons. The monoisotopic (exact) mass is 286 g/mol. The number of hydrogen-bond acceptors (Lipinski definition) is 4. The molecule has 5 nitrogen and oxygen atoms in total. The average Bonchev–Trinajstić information content (AvgIpc) is 2.48. The van der Waals surface area contributed by atoms with Crippen LogP contribution in [0.15, 0.2) is 36.4 Å². The lowest BCUT2D eigenvalue weighted by Crippen LogP contribution is -2.02. The third-order valence-electron chi connectivity index (χ3n) is 3.44. The second-order valence-corrected chi connectivity index (χ2v) is 4.88. The number of benzene rings is 2. The predicted molar refractivity (Wildman–Crippen MR) is 82.9 cm³/mol. The second-order valence-electron chi connectivity index (χ2n) is 4.88. The summed E-state index contributed by atoms with van der Waals surface area (Å²) in [6.45, 7) is 4.34. The van der Waals surface area contributed by atoms with Gasteiger partial charge in [0.1, 0.15) is 12.4 Å². The van der Waals surface area contributed by atoms with Crippen molar-refractivity contribution in [1.29, 1.82) is 0 Å². The van der Waals surface area contributed by atoms with E-state index in [-0.39, 0.29) is 12.3 Å². The van der Waals surface area contributed by atoms with Crippen molar-refractivity contribution < 1.29 is 9.66 Å². The summed E-state index contributed by atoms with van der Waals surface area (Å²) in [5, 5.41) is 13.9. The minimum Gasteiger partial charge on any atom is -0.489 e. The van der Waals surface area contributed by atoms with Gasteiger partial charge in [-0.15, -0.1) is 0 Å². The number of non-ortho nitro benzene ring substituents is 1. The standard InChI is InChI=1S/C16H18N2O3/c1-11-4-6-15(8-12(11)2)21-10-13-9-14(18(19)20)5-7-16(13)17-3/h4-9,17H,10H2,1-3H3. The van der Waals surface area contributed by atoms with Gasteiger partial charge in [0.2, 0.25) is 0 Å². The summed E-state index contributed by atoms with van der Waals surface area (Å²) in [5.41, 5.74) is 4.00. The van der Waals surface area contributed by atoms with Crippen LogP contribution in [0.25, 0.3) is 0 Å². The predicted octanol–water partition coefficient (Wildman–Crippen LogP) is 3.83. The highest BCUT2D eigenvalue weighted by atomic mass is 16.6. The molecule has 0 unspecified atom stereocenters. The molecule has 0 radical (unpaired) electrons. The summed E-state index contributed by atoms with van der Waals surface area (Å²) in [6, 6.07) is 10.6. The van der Waals surface area contributed by atoms with Gasteiger partial charge >= 0.3 is 0 Å². The molecule has 0 heterocycles. The fourth-order valence-electron chi connectivity index (χ4n) is 2.02. The molecule has 0 spiro atoms. The lowest BCUT2D eigenvalue weighted by Gasteiger charge is -2.11. The molecule has 0 aliphatic heterocycles. The number of anilines is 1. The summed E-state index contributed by atoms with van der Waals surface area (Å²) in [4.78, 5) is 10.4. The first-order valence-corrected chi connectivity index (χ1v) is 6.66. The highest BCUT2D eigenvalue weighted by Crippen LogP contribution is 2.24. The van der Waals surface area contributed by atoms with Crippen molar-refractivity contribution >= 4 is 11.4 Å². The topological polar surface area (TPSA) is 64.4 Å². The van der Waals surface area contributed by atoms with Gasteiger partial charge in [-0.1, -0.05) is 6.07 Å². The lowest BCUT2D eigenvalue weighted by molar-refractivity contribution is -0.384. The third kappa shape index (κ3) is 3.51. The number of nitrogens with one attached hydrogen (secondary N) is 1. The lowest BCUT2D eigenvalue weighted by atomic mass is 10.1. The van der Waals surface area contributed by atoms with E-state index < -0.39 is 4.92 Å². The molecule has 5 heteroatoms. The number of nitro groups is 1. The van der Waals surface area contributed by atoms with E-state index >= 15 is 0 Å². The van der Waals surface area contributed by atoms with E-state index in [1.165, 1.54) is 17.7 Å². The molecule has 0 fully saturated rings. The first kappa shape index (κ1) is 14.8. The number of hydrogen-bond donors (Lipinski definition) is 1. The second kappa shape index (κ2) is 6.26. The molecule has 2 aromatic carbocycles. The average molecular weight is 286 g/mol. The maximum Gasteiger partial charge on any atom is 0.269 e. The van der Waals surface area contributed by atoms with Gasteiger partial charge in [0, 0.05) is 30.4 Å². The van der Waals surface area contributed by atoms with Crippen molar-refractivity contribution in [2.75, 3.05) is 12.4 Å². The summed E-state index contributed by atoms with van der Waals surface area (Å²) < 4.78 is 5.74. The van der Waals surface area contributed by atoms with Crippen molar-refractivity contribution in [1.82, 2.24) is 0 Å². The molecule has 0 bridgehead atoms. The van der Waals surface area contributed by atoms with Crippen LogP contribution in [-0.2, 0) is 6.61 Å². The zero-order valence-electron chi connectivity index (χ0n) is 12.3. The molecule has 0 aliphatic carbocycles. The molecule has 1 N–H and O–H groups in total. The van der Waals surface area contributed by atoms with Crippen LogP contribution in [0.3, 0.4) is 0 Å². The number of rotatable bonds is 5. The SMILES string of the molecule is CNc1ccc([N+](=O)[O-])cc1COc1ccc(C)c(C)c1. The third-order valence-corrected chi connectivity index (χ3v) is 3.44. The van der Waals surface area contributed by atoms with E-state index in [2.05, 4.69) is 5.32 Å². The van der Waals surface area contributed by atoms with Gasteiger partial charge in [0.25, 0.3) is 5.69 Å². The first-order valence-electron chi connectivity index (χ1n) is 6.66. The van der Waals surface area contributed by atoms with E-state index in [9.17, 15) is 10.1 Å². The quantitative estimate of drug-likeness (QED) is 0.670. The largest absolute Gasteiger partial charge is 0.489 e. The molecule has 0 atom stereocenters. The molecule has 2 rings (SSSR count). The number of ether oxygens (including phenoxy) is 1. The van der Waals surface area contributed by atoms with Crippen molar-refractivity contribution in [3.05, 3.63) is 63.2 Å². The zero-order chi connectivity index (χ0) is 15.4. The van der Waals surface area contributed by atoms with Gasteiger partial charge in [0.05, 0.1) is 4.92 Å². The Morgan fingerprint density at radius 3 is 2.52 bits per heavy atom. The van der Waals surface area contributed by atoms with Crippen molar-refractivity contribution in [3.8, 4) is 5.75 Å². The van der Waals surface area contributed by atoms with Gasteiger partial charge in [-0.25, -0.2) is 0 Å². The van der Waals surface area contributed by atoms with Crippen LogP contribution in [0, 0.1) is 24.0 Å².